The van der Waals surface area contributed by atoms with Crippen molar-refractivity contribution >= 4 is 0 Å². The van der Waals surface area contributed by atoms with Gasteiger partial charge >= 0.3 is 0 Å². The molecule has 1 aliphatic carbocycles. The minimum absolute atomic E-state index is 0.426. The normalized spacial score (nSPS) is 17.4. The van der Waals surface area contributed by atoms with Gasteiger partial charge in [-0.15, -0.1) is 0 Å². The van der Waals surface area contributed by atoms with Crippen molar-refractivity contribution in [3.8, 4) is 0 Å². The van der Waals surface area contributed by atoms with Gasteiger partial charge < -0.3 is 10.6 Å². The van der Waals surface area contributed by atoms with Gasteiger partial charge in [-0.2, -0.15) is 0 Å². The Bertz CT molecular complexity index is 340. The van der Waals surface area contributed by atoms with Gasteiger partial charge in [-0.3, -0.25) is 0 Å². The Kier molecular flexibility index (Phi) is 4.19. The molecule has 1 unspecified atom stereocenters. The van der Waals surface area contributed by atoms with E-state index < -0.39 is 0 Å². The molecular formula is C15H24N2. The van der Waals surface area contributed by atoms with Crippen LogP contribution in [0.4, 0.5) is 0 Å². The van der Waals surface area contributed by atoms with Gasteiger partial charge in [-0.25, -0.2) is 0 Å². The van der Waals surface area contributed by atoms with E-state index in [0.717, 1.165) is 25.4 Å². The summed E-state index contributed by atoms with van der Waals surface area (Å²) in [5.74, 6) is 0.822. The number of hydrogen-bond acceptors (Lipinski definition) is 2. The third kappa shape index (κ3) is 4.14. The molecule has 2 rings (SSSR count). The fourth-order valence-corrected chi connectivity index (χ4v) is 2.21. The Morgan fingerprint density at radius 1 is 1.29 bits per heavy atom. The molecule has 0 bridgehead atoms. The Balaban J connectivity index is 1.72. The lowest BCUT2D eigenvalue weighted by Crippen LogP contribution is -2.29. The van der Waals surface area contributed by atoms with Gasteiger partial charge in [0.25, 0.3) is 0 Å². The molecule has 0 amide bonds. The summed E-state index contributed by atoms with van der Waals surface area (Å²) in [6.07, 6.45) is 3.83. The fourth-order valence-electron chi connectivity index (χ4n) is 2.21. The number of nitrogens with two attached hydrogens (primary N) is 1. The van der Waals surface area contributed by atoms with Crippen molar-refractivity contribution in [1.29, 1.82) is 0 Å². The highest BCUT2D eigenvalue weighted by Crippen LogP contribution is 2.32. The Labute approximate surface area is 105 Å². The summed E-state index contributed by atoms with van der Waals surface area (Å²) in [7, 11) is 2.18. The van der Waals surface area contributed by atoms with Crippen LogP contribution in [0.15, 0.2) is 24.3 Å². The Morgan fingerprint density at radius 2 is 1.94 bits per heavy atom. The lowest BCUT2D eigenvalue weighted by Gasteiger charge is -2.19. The number of nitrogens with zero attached hydrogens (tertiary/aromatic N) is 1. The monoisotopic (exact) mass is 232 g/mol. The molecule has 94 valence electrons. The van der Waals surface area contributed by atoms with Crippen LogP contribution in [0, 0.1) is 12.8 Å². The topological polar surface area (TPSA) is 29.3 Å². The zero-order chi connectivity index (χ0) is 12.3. The molecule has 0 spiro atoms. The minimum Gasteiger partial charge on any atom is -0.327 e. The van der Waals surface area contributed by atoms with Crippen LogP contribution in [0.3, 0.4) is 0 Å². The molecule has 0 heterocycles. The molecule has 0 radical (unpaired) electrons. The van der Waals surface area contributed by atoms with E-state index in [1.807, 2.05) is 0 Å². The molecular weight excluding hydrogens is 208 g/mol. The average molecular weight is 232 g/mol. The summed E-state index contributed by atoms with van der Waals surface area (Å²) >= 11 is 0. The Hall–Kier alpha value is -0.860. The van der Waals surface area contributed by atoms with E-state index >= 15 is 0 Å². The summed E-state index contributed by atoms with van der Waals surface area (Å²) in [6.45, 7) is 4.26. The second-order valence-corrected chi connectivity index (χ2v) is 5.51. The maximum Gasteiger partial charge on any atom is 0.0230 e. The number of benzene rings is 1. The lowest BCUT2D eigenvalue weighted by atomic mass is 10.1. The smallest absolute Gasteiger partial charge is 0.0230 e. The first kappa shape index (κ1) is 12.6. The van der Waals surface area contributed by atoms with E-state index in [9.17, 15) is 0 Å². The van der Waals surface area contributed by atoms with Gasteiger partial charge in [0.05, 0.1) is 0 Å². The maximum atomic E-state index is 6.11. The largest absolute Gasteiger partial charge is 0.327 e. The molecule has 17 heavy (non-hydrogen) atoms. The van der Waals surface area contributed by atoms with Gasteiger partial charge in [0, 0.05) is 12.6 Å². The zero-order valence-electron chi connectivity index (χ0n) is 11.0. The van der Waals surface area contributed by atoms with Crippen LogP contribution in [-0.4, -0.2) is 24.5 Å². The van der Waals surface area contributed by atoms with Crippen molar-refractivity contribution < 1.29 is 0 Å². The van der Waals surface area contributed by atoms with E-state index in [1.165, 1.54) is 24.0 Å². The van der Waals surface area contributed by atoms with E-state index in [0.29, 0.717) is 6.04 Å². The molecule has 1 aliphatic rings. The van der Waals surface area contributed by atoms with Crippen molar-refractivity contribution in [2.45, 2.75) is 38.8 Å². The van der Waals surface area contributed by atoms with Crippen molar-refractivity contribution in [1.82, 2.24) is 4.90 Å². The van der Waals surface area contributed by atoms with Gasteiger partial charge in [0.2, 0.25) is 0 Å². The second-order valence-electron chi connectivity index (χ2n) is 5.51. The first-order valence-electron chi connectivity index (χ1n) is 6.65. The molecule has 1 aromatic carbocycles. The summed E-state index contributed by atoms with van der Waals surface area (Å²) < 4.78 is 0. The van der Waals surface area contributed by atoms with Crippen LogP contribution in [0.1, 0.15) is 30.4 Å². The SMILES string of the molecule is Cc1ccc(CN(C)CCC(N)C2CC2)cc1. The van der Waals surface area contributed by atoms with Crippen LogP contribution in [0.2, 0.25) is 0 Å². The highest BCUT2D eigenvalue weighted by molar-refractivity contribution is 5.21. The van der Waals surface area contributed by atoms with Crippen LogP contribution in [0.25, 0.3) is 0 Å². The standard InChI is InChI=1S/C15H24N2/c1-12-3-5-13(6-4-12)11-17(2)10-9-15(16)14-7-8-14/h3-6,14-15H,7-11,16H2,1-2H3. The average Bonchev–Trinajstić information content (AvgIpc) is 3.13. The molecule has 0 saturated heterocycles. The highest BCUT2D eigenvalue weighted by Gasteiger charge is 2.28. The van der Waals surface area contributed by atoms with Crippen LogP contribution in [0.5, 0.6) is 0 Å². The Morgan fingerprint density at radius 3 is 2.53 bits per heavy atom. The predicted octanol–water partition coefficient (Wildman–Crippen LogP) is 2.55. The quantitative estimate of drug-likeness (QED) is 0.816. The molecule has 2 nitrogen and oxygen atoms in total. The highest BCUT2D eigenvalue weighted by atomic mass is 15.1. The summed E-state index contributed by atoms with van der Waals surface area (Å²) in [5.41, 5.74) is 8.83. The van der Waals surface area contributed by atoms with Crippen LogP contribution < -0.4 is 5.73 Å². The molecule has 1 atom stereocenters. The third-order valence-corrected chi connectivity index (χ3v) is 3.64. The third-order valence-electron chi connectivity index (χ3n) is 3.64. The number of rotatable bonds is 6. The molecule has 0 aliphatic heterocycles. The van der Waals surface area contributed by atoms with E-state index in [2.05, 4.69) is 43.1 Å². The van der Waals surface area contributed by atoms with Crippen molar-refractivity contribution in [3.63, 3.8) is 0 Å². The maximum absolute atomic E-state index is 6.11. The van der Waals surface area contributed by atoms with Gasteiger partial charge in [-0.05, 0) is 51.3 Å². The van der Waals surface area contributed by atoms with Gasteiger partial charge in [0.1, 0.15) is 0 Å². The lowest BCUT2D eigenvalue weighted by molar-refractivity contribution is 0.305. The first-order chi connectivity index (χ1) is 8.15. The van der Waals surface area contributed by atoms with Crippen molar-refractivity contribution in [2.24, 2.45) is 11.7 Å². The minimum atomic E-state index is 0.426. The first-order valence-corrected chi connectivity index (χ1v) is 6.65. The molecule has 2 heteroatoms. The number of hydrogen-bond donors (Lipinski definition) is 1. The van der Waals surface area contributed by atoms with Gasteiger partial charge in [0.15, 0.2) is 0 Å². The summed E-state index contributed by atoms with van der Waals surface area (Å²) in [4.78, 5) is 2.37. The number of aryl methyl sites for hydroxylation is 1. The van der Waals surface area contributed by atoms with E-state index in [-0.39, 0.29) is 0 Å². The summed E-state index contributed by atoms with van der Waals surface area (Å²) in [6, 6.07) is 9.22. The molecule has 1 saturated carbocycles. The van der Waals surface area contributed by atoms with Crippen molar-refractivity contribution in [2.75, 3.05) is 13.6 Å². The molecule has 1 fully saturated rings. The van der Waals surface area contributed by atoms with Crippen molar-refractivity contribution in [3.05, 3.63) is 35.4 Å². The summed E-state index contributed by atoms with van der Waals surface area (Å²) in [5, 5.41) is 0. The predicted molar refractivity (Wildman–Crippen MR) is 72.8 cm³/mol. The van der Waals surface area contributed by atoms with Crippen LogP contribution in [-0.2, 0) is 6.54 Å². The molecule has 2 N–H and O–H groups in total. The molecule has 0 aromatic heterocycles. The second kappa shape index (κ2) is 5.65. The van der Waals surface area contributed by atoms with Crippen LogP contribution >= 0.6 is 0 Å². The zero-order valence-corrected chi connectivity index (χ0v) is 11.0. The van der Waals surface area contributed by atoms with E-state index in [4.69, 9.17) is 5.73 Å². The van der Waals surface area contributed by atoms with Gasteiger partial charge in [-0.1, -0.05) is 29.8 Å². The van der Waals surface area contributed by atoms with E-state index in [1.54, 1.807) is 0 Å². The fraction of sp³-hybridized carbons (Fsp3) is 0.600. The molecule has 1 aromatic rings.